The van der Waals surface area contributed by atoms with Crippen LogP contribution in [0, 0.1) is 6.92 Å². The molecule has 9 heteroatoms. The summed E-state index contributed by atoms with van der Waals surface area (Å²) in [6.07, 6.45) is 0. The van der Waals surface area contributed by atoms with Crippen molar-refractivity contribution in [2.24, 2.45) is 0 Å². The van der Waals surface area contributed by atoms with Gasteiger partial charge in [0, 0.05) is 18.1 Å². The average Bonchev–Trinajstić information content (AvgIpc) is 2.87. The molecule has 1 N–H and O–H groups in total. The van der Waals surface area contributed by atoms with Crippen LogP contribution in [-0.4, -0.2) is 44.3 Å². The van der Waals surface area contributed by atoms with Gasteiger partial charge in [0.2, 0.25) is 11.8 Å². The second-order valence-corrected chi connectivity index (χ2v) is 10.7. The minimum absolute atomic E-state index is 0.0413. The fourth-order valence-electron chi connectivity index (χ4n) is 3.67. The number of amides is 2. The molecule has 7 nitrogen and oxygen atoms in total. The third kappa shape index (κ3) is 6.65. The number of benzene rings is 3. The Hall–Kier alpha value is -3.36. The number of anilines is 1. The molecular formula is C27H30ClN3O4S. The lowest BCUT2D eigenvalue weighted by atomic mass is 10.1. The van der Waals surface area contributed by atoms with Crippen LogP contribution < -0.4 is 9.62 Å². The van der Waals surface area contributed by atoms with Crippen LogP contribution in [-0.2, 0) is 26.2 Å². The molecule has 2 amide bonds. The molecule has 0 aliphatic carbocycles. The zero-order valence-electron chi connectivity index (χ0n) is 20.5. The smallest absolute Gasteiger partial charge is 0.264 e. The van der Waals surface area contributed by atoms with Crippen molar-refractivity contribution < 1.29 is 18.0 Å². The molecule has 0 saturated carbocycles. The standard InChI is InChI=1S/C27H30ClN3O4S/c1-4-29-27(33)21(3)30(18-22-15-13-20(2)14-16-22)26(32)19-31(24-10-8-9-23(28)17-24)36(34,35)25-11-6-5-7-12-25/h5-17,21H,4,18-19H2,1-3H3,(H,29,33)/t21-/m1/s1. The van der Waals surface area contributed by atoms with Gasteiger partial charge in [0.15, 0.2) is 0 Å². The molecule has 0 aromatic heterocycles. The molecular weight excluding hydrogens is 498 g/mol. The summed E-state index contributed by atoms with van der Waals surface area (Å²) in [5.74, 6) is -0.841. The lowest BCUT2D eigenvalue weighted by molar-refractivity contribution is -0.139. The fourth-order valence-corrected chi connectivity index (χ4v) is 5.29. The van der Waals surface area contributed by atoms with Gasteiger partial charge in [-0.3, -0.25) is 13.9 Å². The van der Waals surface area contributed by atoms with E-state index in [4.69, 9.17) is 11.6 Å². The zero-order valence-corrected chi connectivity index (χ0v) is 22.1. The van der Waals surface area contributed by atoms with Crippen molar-refractivity contribution in [2.45, 2.75) is 38.3 Å². The van der Waals surface area contributed by atoms with Crippen LogP contribution in [0.1, 0.15) is 25.0 Å². The highest BCUT2D eigenvalue weighted by Crippen LogP contribution is 2.26. The number of nitrogens with zero attached hydrogens (tertiary/aromatic N) is 2. The van der Waals surface area contributed by atoms with Gasteiger partial charge in [-0.05, 0) is 56.7 Å². The number of carbonyl (C=O) groups excluding carboxylic acids is 2. The Morgan fingerprint density at radius 1 is 0.972 bits per heavy atom. The van der Waals surface area contributed by atoms with E-state index in [0.717, 1.165) is 15.4 Å². The van der Waals surface area contributed by atoms with Gasteiger partial charge >= 0.3 is 0 Å². The summed E-state index contributed by atoms with van der Waals surface area (Å²) in [7, 11) is -4.11. The summed E-state index contributed by atoms with van der Waals surface area (Å²) in [6.45, 7) is 5.43. The Morgan fingerprint density at radius 3 is 2.25 bits per heavy atom. The highest BCUT2D eigenvalue weighted by atomic mass is 35.5. The van der Waals surface area contributed by atoms with Gasteiger partial charge in [-0.15, -0.1) is 0 Å². The molecule has 3 aromatic carbocycles. The van der Waals surface area contributed by atoms with Crippen LogP contribution in [0.25, 0.3) is 0 Å². The van der Waals surface area contributed by atoms with Crippen molar-refractivity contribution in [2.75, 3.05) is 17.4 Å². The maximum atomic E-state index is 13.7. The van der Waals surface area contributed by atoms with Crippen molar-refractivity contribution >= 4 is 39.1 Å². The topological polar surface area (TPSA) is 86.8 Å². The summed E-state index contributed by atoms with van der Waals surface area (Å²) >= 11 is 6.16. The predicted octanol–water partition coefficient (Wildman–Crippen LogP) is 4.40. The van der Waals surface area contributed by atoms with E-state index in [0.29, 0.717) is 11.6 Å². The van der Waals surface area contributed by atoms with Crippen LogP contribution in [0.5, 0.6) is 0 Å². The number of aryl methyl sites for hydroxylation is 1. The third-order valence-electron chi connectivity index (χ3n) is 5.70. The zero-order chi connectivity index (χ0) is 26.3. The van der Waals surface area contributed by atoms with Crippen LogP contribution in [0.15, 0.2) is 83.8 Å². The van der Waals surface area contributed by atoms with Gasteiger partial charge in [0.1, 0.15) is 12.6 Å². The minimum Gasteiger partial charge on any atom is -0.355 e. The Bertz CT molecular complexity index is 1300. The lowest BCUT2D eigenvalue weighted by Gasteiger charge is -2.32. The van der Waals surface area contributed by atoms with Gasteiger partial charge in [-0.2, -0.15) is 0 Å². The molecule has 1 atom stereocenters. The summed E-state index contributed by atoms with van der Waals surface area (Å²) in [4.78, 5) is 27.9. The summed E-state index contributed by atoms with van der Waals surface area (Å²) in [5, 5.41) is 3.08. The van der Waals surface area contributed by atoms with Crippen molar-refractivity contribution in [3.63, 3.8) is 0 Å². The molecule has 0 unspecified atom stereocenters. The molecule has 0 radical (unpaired) electrons. The molecule has 0 saturated heterocycles. The maximum absolute atomic E-state index is 13.7. The van der Waals surface area contributed by atoms with Gasteiger partial charge in [0.25, 0.3) is 10.0 Å². The van der Waals surface area contributed by atoms with Crippen LogP contribution in [0.3, 0.4) is 0 Å². The fraction of sp³-hybridized carbons (Fsp3) is 0.259. The Balaban J connectivity index is 2.01. The van der Waals surface area contributed by atoms with Gasteiger partial charge < -0.3 is 10.2 Å². The molecule has 3 rings (SSSR count). The second-order valence-electron chi connectivity index (χ2n) is 8.38. The number of halogens is 1. The van der Waals surface area contributed by atoms with Crippen LogP contribution >= 0.6 is 11.6 Å². The third-order valence-corrected chi connectivity index (χ3v) is 7.72. The number of hydrogen-bond acceptors (Lipinski definition) is 4. The number of rotatable bonds is 10. The van der Waals surface area contributed by atoms with E-state index in [1.807, 2.05) is 31.2 Å². The Labute approximate surface area is 217 Å². The number of sulfonamides is 1. The molecule has 0 spiro atoms. The minimum atomic E-state index is -4.11. The van der Waals surface area contributed by atoms with E-state index in [1.54, 1.807) is 50.2 Å². The largest absolute Gasteiger partial charge is 0.355 e. The molecule has 0 bridgehead atoms. The van der Waals surface area contributed by atoms with E-state index in [2.05, 4.69) is 5.32 Å². The van der Waals surface area contributed by atoms with E-state index >= 15 is 0 Å². The first-order chi connectivity index (χ1) is 17.1. The van der Waals surface area contributed by atoms with Crippen LogP contribution in [0.2, 0.25) is 5.02 Å². The normalized spacial score (nSPS) is 12.0. The predicted molar refractivity (Wildman–Crippen MR) is 142 cm³/mol. The Kier molecular flexibility index (Phi) is 9.12. The quantitative estimate of drug-likeness (QED) is 0.423. The highest BCUT2D eigenvalue weighted by Gasteiger charge is 2.32. The molecule has 0 heterocycles. The van der Waals surface area contributed by atoms with E-state index in [9.17, 15) is 18.0 Å². The molecule has 190 valence electrons. The number of nitrogens with one attached hydrogen (secondary N) is 1. The molecule has 36 heavy (non-hydrogen) atoms. The molecule has 3 aromatic rings. The first-order valence-electron chi connectivity index (χ1n) is 11.6. The second kappa shape index (κ2) is 12.1. The monoisotopic (exact) mass is 527 g/mol. The number of hydrogen-bond donors (Lipinski definition) is 1. The summed E-state index contributed by atoms with van der Waals surface area (Å²) in [5.41, 5.74) is 2.14. The van der Waals surface area contributed by atoms with Gasteiger partial charge in [-0.25, -0.2) is 8.42 Å². The lowest BCUT2D eigenvalue weighted by Crippen LogP contribution is -2.51. The first-order valence-corrected chi connectivity index (χ1v) is 13.4. The summed E-state index contributed by atoms with van der Waals surface area (Å²) < 4.78 is 28.3. The highest BCUT2D eigenvalue weighted by molar-refractivity contribution is 7.92. The molecule has 0 aliphatic heterocycles. The summed E-state index contributed by atoms with van der Waals surface area (Å²) in [6, 6.07) is 21.0. The van der Waals surface area contributed by atoms with Crippen molar-refractivity contribution in [3.05, 3.63) is 95.0 Å². The molecule has 0 aliphatic rings. The van der Waals surface area contributed by atoms with Crippen molar-refractivity contribution in [1.82, 2.24) is 10.2 Å². The first kappa shape index (κ1) is 27.2. The number of carbonyl (C=O) groups is 2. The number of likely N-dealkylation sites (N-methyl/N-ethyl adjacent to an activating group) is 1. The SMILES string of the molecule is CCNC(=O)[C@@H](C)N(Cc1ccc(C)cc1)C(=O)CN(c1cccc(Cl)c1)S(=O)(=O)c1ccccc1. The van der Waals surface area contributed by atoms with E-state index in [1.165, 1.54) is 23.1 Å². The van der Waals surface area contributed by atoms with Crippen LogP contribution in [0.4, 0.5) is 5.69 Å². The van der Waals surface area contributed by atoms with E-state index in [-0.39, 0.29) is 23.0 Å². The maximum Gasteiger partial charge on any atom is 0.264 e. The van der Waals surface area contributed by atoms with Gasteiger partial charge in [-0.1, -0.05) is 65.7 Å². The van der Waals surface area contributed by atoms with Gasteiger partial charge in [0.05, 0.1) is 10.6 Å². The van der Waals surface area contributed by atoms with Crippen molar-refractivity contribution in [1.29, 1.82) is 0 Å². The van der Waals surface area contributed by atoms with Crippen molar-refractivity contribution in [3.8, 4) is 0 Å². The van der Waals surface area contributed by atoms with E-state index < -0.39 is 28.5 Å². The molecule has 0 fully saturated rings. The Morgan fingerprint density at radius 2 is 1.64 bits per heavy atom. The average molecular weight is 528 g/mol.